The third kappa shape index (κ3) is 4.64. The summed E-state index contributed by atoms with van der Waals surface area (Å²) in [5.74, 6) is 2.05. The lowest BCUT2D eigenvalue weighted by Crippen LogP contribution is -2.03. The average molecular weight is 325 g/mol. The van der Waals surface area contributed by atoms with Crippen molar-refractivity contribution < 1.29 is 0 Å². The monoisotopic (exact) mass is 324 g/mol. The van der Waals surface area contributed by atoms with Gasteiger partial charge in [-0.3, -0.25) is 0 Å². The summed E-state index contributed by atoms with van der Waals surface area (Å²) < 4.78 is 0. The van der Waals surface area contributed by atoms with Crippen molar-refractivity contribution >= 4 is 40.8 Å². The van der Waals surface area contributed by atoms with E-state index in [1.54, 1.807) is 0 Å². The van der Waals surface area contributed by atoms with Crippen molar-refractivity contribution in [3.63, 3.8) is 0 Å². The van der Waals surface area contributed by atoms with Crippen LogP contribution in [0.2, 0.25) is 5.02 Å². The number of aromatic nitrogens is 3. The van der Waals surface area contributed by atoms with Gasteiger partial charge in [-0.05, 0) is 18.6 Å². The number of pyridine rings is 1. The number of hydrogen-bond acceptors (Lipinski definition) is 7. The van der Waals surface area contributed by atoms with Gasteiger partial charge in [0.05, 0.1) is 10.7 Å². The van der Waals surface area contributed by atoms with Crippen molar-refractivity contribution in [1.29, 1.82) is 0 Å². The third-order valence-electron chi connectivity index (χ3n) is 2.56. The second kappa shape index (κ2) is 7.33. The maximum atomic E-state index is 6.17. The highest BCUT2D eigenvalue weighted by atomic mass is 35.5. The minimum atomic E-state index is 0.349. The zero-order chi connectivity index (χ0) is 15.2. The van der Waals surface area contributed by atoms with Crippen molar-refractivity contribution in [2.24, 2.45) is 0 Å². The molecule has 2 heterocycles. The van der Waals surface area contributed by atoms with Crippen LogP contribution in [0, 0.1) is 0 Å². The first-order valence-electron chi connectivity index (χ1n) is 6.50. The zero-order valence-corrected chi connectivity index (χ0v) is 13.2. The van der Waals surface area contributed by atoms with E-state index in [0.717, 1.165) is 24.5 Å². The Kier molecular flexibility index (Phi) is 5.46. The van der Waals surface area contributed by atoms with Gasteiger partial charge in [0.1, 0.15) is 17.5 Å². The molecule has 0 amide bonds. The SMILES string of the molecule is CCCNc1ccc(Cl)c(CSc2nc(N)cc(N)n2)n1. The summed E-state index contributed by atoms with van der Waals surface area (Å²) in [5.41, 5.74) is 12.1. The Balaban J connectivity index is 2.08. The van der Waals surface area contributed by atoms with E-state index in [1.165, 1.54) is 17.8 Å². The van der Waals surface area contributed by atoms with Gasteiger partial charge < -0.3 is 16.8 Å². The van der Waals surface area contributed by atoms with Gasteiger partial charge in [-0.1, -0.05) is 30.3 Å². The molecule has 2 rings (SSSR count). The van der Waals surface area contributed by atoms with Crippen molar-refractivity contribution in [3.05, 3.63) is 28.9 Å². The first-order chi connectivity index (χ1) is 10.1. The van der Waals surface area contributed by atoms with Crippen LogP contribution in [0.1, 0.15) is 19.0 Å². The summed E-state index contributed by atoms with van der Waals surface area (Å²) in [6.45, 7) is 2.97. The quantitative estimate of drug-likeness (QED) is 0.554. The fourth-order valence-electron chi connectivity index (χ4n) is 1.60. The third-order valence-corrected chi connectivity index (χ3v) is 3.76. The molecule has 0 aliphatic rings. The largest absolute Gasteiger partial charge is 0.383 e. The van der Waals surface area contributed by atoms with Crippen LogP contribution in [-0.2, 0) is 5.75 Å². The molecule has 0 atom stereocenters. The summed E-state index contributed by atoms with van der Waals surface area (Å²) in [7, 11) is 0. The second-order valence-corrected chi connectivity index (χ2v) is 5.69. The summed E-state index contributed by atoms with van der Waals surface area (Å²) in [4.78, 5) is 12.7. The van der Waals surface area contributed by atoms with E-state index in [9.17, 15) is 0 Å². The minimum absolute atomic E-state index is 0.349. The molecule has 2 aromatic rings. The van der Waals surface area contributed by atoms with E-state index in [-0.39, 0.29) is 0 Å². The Morgan fingerprint density at radius 1 is 1.19 bits per heavy atom. The van der Waals surface area contributed by atoms with Crippen LogP contribution in [-0.4, -0.2) is 21.5 Å². The fourth-order valence-corrected chi connectivity index (χ4v) is 2.67. The Morgan fingerprint density at radius 3 is 2.57 bits per heavy atom. The van der Waals surface area contributed by atoms with Gasteiger partial charge in [-0.15, -0.1) is 0 Å². The molecule has 21 heavy (non-hydrogen) atoms. The molecule has 0 aliphatic heterocycles. The van der Waals surface area contributed by atoms with E-state index >= 15 is 0 Å². The lowest BCUT2D eigenvalue weighted by molar-refractivity contribution is 0.963. The number of nitrogens with two attached hydrogens (primary N) is 2. The highest BCUT2D eigenvalue weighted by Crippen LogP contribution is 2.25. The Labute approximate surface area is 132 Å². The summed E-state index contributed by atoms with van der Waals surface area (Å²) in [6.07, 6.45) is 1.03. The number of nitrogen functional groups attached to an aromatic ring is 2. The zero-order valence-electron chi connectivity index (χ0n) is 11.6. The number of thioether (sulfide) groups is 1. The topological polar surface area (TPSA) is 103 Å². The van der Waals surface area contributed by atoms with Crippen LogP contribution < -0.4 is 16.8 Å². The molecule has 0 saturated heterocycles. The lowest BCUT2D eigenvalue weighted by Gasteiger charge is -2.08. The number of anilines is 3. The number of halogens is 1. The smallest absolute Gasteiger partial charge is 0.191 e. The van der Waals surface area contributed by atoms with Gasteiger partial charge in [0, 0.05) is 18.4 Å². The highest BCUT2D eigenvalue weighted by Gasteiger charge is 2.07. The molecule has 0 fully saturated rings. The van der Waals surface area contributed by atoms with E-state index < -0.39 is 0 Å². The number of hydrogen-bond donors (Lipinski definition) is 3. The van der Waals surface area contributed by atoms with Crippen molar-refractivity contribution in [3.8, 4) is 0 Å². The summed E-state index contributed by atoms with van der Waals surface area (Å²) in [5, 5.41) is 4.35. The molecule has 8 heteroatoms. The lowest BCUT2D eigenvalue weighted by atomic mass is 10.3. The summed E-state index contributed by atoms with van der Waals surface area (Å²) >= 11 is 7.56. The number of rotatable bonds is 6. The van der Waals surface area contributed by atoms with E-state index in [2.05, 4.69) is 27.2 Å². The molecule has 0 bridgehead atoms. The molecule has 0 aliphatic carbocycles. The Bertz CT molecular complexity index is 601. The molecule has 0 radical (unpaired) electrons. The van der Waals surface area contributed by atoms with Gasteiger partial charge in [-0.2, -0.15) is 0 Å². The first kappa shape index (κ1) is 15.7. The van der Waals surface area contributed by atoms with E-state index in [0.29, 0.717) is 27.6 Å². The van der Waals surface area contributed by atoms with Gasteiger partial charge in [0.2, 0.25) is 0 Å². The standard InChI is InChI=1S/C13H17ClN6S/c1-2-5-17-12-4-3-8(14)9(18-12)7-21-13-19-10(15)6-11(16)20-13/h3-4,6H,2,5,7H2,1H3,(H,17,18)(H4,15,16,19,20). The molecule has 6 nitrogen and oxygen atoms in total. The first-order valence-corrected chi connectivity index (χ1v) is 7.87. The molecule has 5 N–H and O–H groups in total. The van der Waals surface area contributed by atoms with E-state index in [1.807, 2.05) is 12.1 Å². The number of nitrogens with zero attached hydrogens (tertiary/aromatic N) is 3. The molecular formula is C13H17ClN6S. The molecule has 0 spiro atoms. The maximum Gasteiger partial charge on any atom is 0.191 e. The maximum absolute atomic E-state index is 6.17. The Morgan fingerprint density at radius 2 is 1.90 bits per heavy atom. The summed E-state index contributed by atoms with van der Waals surface area (Å²) in [6, 6.07) is 5.21. The van der Waals surface area contributed by atoms with Gasteiger partial charge >= 0.3 is 0 Å². The Hall–Kier alpha value is -1.73. The number of nitrogens with one attached hydrogen (secondary N) is 1. The average Bonchev–Trinajstić information content (AvgIpc) is 2.44. The van der Waals surface area contributed by atoms with Crippen LogP contribution in [0.3, 0.4) is 0 Å². The predicted octanol–water partition coefficient (Wildman–Crippen LogP) is 2.80. The highest BCUT2D eigenvalue weighted by molar-refractivity contribution is 7.98. The van der Waals surface area contributed by atoms with Crippen LogP contribution >= 0.6 is 23.4 Å². The van der Waals surface area contributed by atoms with Crippen LogP contribution in [0.15, 0.2) is 23.4 Å². The molecule has 0 aromatic carbocycles. The minimum Gasteiger partial charge on any atom is -0.383 e. The van der Waals surface area contributed by atoms with Crippen LogP contribution in [0.4, 0.5) is 17.5 Å². The van der Waals surface area contributed by atoms with Crippen LogP contribution in [0.25, 0.3) is 0 Å². The molecule has 0 saturated carbocycles. The molecule has 2 aromatic heterocycles. The van der Waals surface area contributed by atoms with Gasteiger partial charge in [0.25, 0.3) is 0 Å². The van der Waals surface area contributed by atoms with Gasteiger partial charge in [0.15, 0.2) is 5.16 Å². The second-order valence-electron chi connectivity index (χ2n) is 4.34. The fraction of sp³-hybridized carbons (Fsp3) is 0.308. The molecular weight excluding hydrogens is 308 g/mol. The predicted molar refractivity (Wildman–Crippen MR) is 88.4 cm³/mol. The van der Waals surface area contributed by atoms with E-state index in [4.69, 9.17) is 23.1 Å². The molecule has 0 unspecified atom stereocenters. The van der Waals surface area contributed by atoms with Crippen molar-refractivity contribution in [2.45, 2.75) is 24.3 Å². The van der Waals surface area contributed by atoms with Gasteiger partial charge in [-0.25, -0.2) is 15.0 Å². The molecule has 112 valence electrons. The van der Waals surface area contributed by atoms with Crippen molar-refractivity contribution in [2.75, 3.05) is 23.3 Å². The van der Waals surface area contributed by atoms with Crippen molar-refractivity contribution in [1.82, 2.24) is 15.0 Å². The van der Waals surface area contributed by atoms with Crippen LogP contribution in [0.5, 0.6) is 0 Å². The normalized spacial score (nSPS) is 10.6.